The Hall–Kier alpha value is -2.39. The summed E-state index contributed by atoms with van der Waals surface area (Å²) in [5.74, 6) is 0.791. The summed E-state index contributed by atoms with van der Waals surface area (Å²) in [7, 11) is 2.06. The molecule has 22 heavy (non-hydrogen) atoms. The summed E-state index contributed by atoms with van der Waals surface area (Å²) in [4.78, 5) is 12.8. The molecule has 0 aliphatic carbocycles. The summed E-state index contributed by atoms with van der Waals surface area (Å²) in [6, 6.07) is 17.4. The predicted octanol–water partition coefficient (Wildman–Crippen LogP) is 3.52. The molecular formula is C19H21NO2. The quantitative estimate of drug-likeness (QED) is 0.698. The third kappa shape index (κ3) is 5.54. The summed E-state index contributed by atoms with van der Waals surface area (Å²) < 4.78 is 5.66. The van der Waals surface area contributed by atoms with E-state index in [9.17, 15) is 4.79 Å². The molecule has 2 aromatic carbocycles. The van der Waals surface area contributed by atoms with Crippen LogP contribution in [0.1, 0.15) is 15.9 Å². The van der Waals surface area contributed by atoms with E-state index >= 15 is 0 Å². The van der Waals surface area contributed by atoms with Crippen molar-refractivity contribution in [3.63, 3.8) is 0 Å². The lowest BCUT2D eigenvalue weighted by molar-refractivity contribution is 0.112. The number of likely N-dealkylation sites (N-methyl/N-ethyl adjacent to an activating group) is 1. The van der Waals surface area contributed by atoms with Crippen molar-refractivity contribution in [1.82, 2.24) is 4.90 Å². The normalized spacial score (nSPS) is 11.0. The number of rotatable bonds is 8. The van der Waals surface area contributed by atoms with E-state index in [0.29, 0.717) is 12.2 Å². The summed E-state index contributed by atoms with van der Waals surface area (Å²) >= 11 is 0. The van der Waals surface area contributed by atoms with Crippen LogP contribution >= 0.6 is 0 Å². The van der Waals surface area contributed by atoms with E-state index in [-0.39, 0.29) is 0 Å². The van der Waals surface area contributed by atoms with Crippen molar-refractivity contribution in [3.8, 4) is 5.75 Å². The van der Waals surface area contributed by atoms with Crippen molar-refractivity contribution in [2.75, 3.05) is 26.7 Å². The number of benzene rings is 2. The monoisotopic (exact) mass is 295 g/mol. The number of hydrogen-bond donors (Lipinski definition) is 0. The Bertz CT molecular complexity index is 591. The molecular weight excluding hydrogens is 274 g/mol. The minimum Gasteiger partial charge on any atom is -0.492 e. The average Bonchev–Trinajstić information content (AvgIpc) is 2.56. The molecule has 114 valence electrons. The van der Waals surface area contributed by atoms with Crippen LogP contribution in [0.3, 0.4) is 0 Å². The SMILES string of the molecule is CN(CC=Cc1ccccc1)CCOc1ccc(C=O)cc1. The van der Waals surface area contributed by atoms with Crippen LogP contribution in [0.4, 0.5) is 0 Å². The molecule has 0 fully saturated rings. The second kappa shape index (κ2) is 8.80. The summed E-state index contributed by atoms with van der Waals surface area (Å²) in [6.07, 6.45) is 5.10. The maximum atomic E-state index is 10.6. The molecule has 0 saturated heterocycles. The molecule has 0 aromatic heterocycles. The van der Waals surface area contributed by atoms with Gasteiger partial charge in [-0.3, -0.25) is 9.69 Å². The molecule has 0 bridgehead atoms. The van der Waals surface area contributed by atoms with Gasteiger partial charge in [0.1, 0.15) is 18.6 Å². The van der Waals surface area contributed by atoms with Crippen molar-refractivity contribution in [3.05, 3.63) is 71.8 Å². The molecule has 0 aliphatic heterocycles. The zero-order valence-electron chi connectivity index (χ0n) is 12.8. The van der Waals surface area contributed by atoms with Crippen LogP contribution in [0.5, 0.6) is 5.75 Å². The van der Waals surface area contributed by atoms with Crippen LogP contribution < -0.4 is 4.74 Å². The number of ether oxygens (including phenoxy) is 1. The van der Waals surface area contributed by atoms with Gasteiger partial charge in [0.25, 0.3) is 0 Å². The Morgan fingerprint density at radius 3 is 2.41 bits per heavy atom. The van der Waals surface area contributed by atoms with Gasteiger partial charge in [-0.25, -0.2) is 0 Å². The maximum Gasteiger partial charge on any atom is 0.150 e. The first-order valence-corrected chi connectivity index (χ1v) is 7.36. The fraction of sp³-hybridized carbons (Fsp3) is 0.211. The zero-order chi connectivity index (χ0) is 15.6. The first-order valence-electron chi connectivity index (χ1n) is 7.36. The Kier molecular flexibility index (Phi) is 6.39. The zero-order valence-corrected chi connectivity index (χ0v) is 12.8. The van der Waals surface area contributed by atoms with E-state index in [0.717, 1.165) is 25.1 Å². The topological polar surface area (TPSA) is 29.5 Å². The molecule has 2 aromatic rings. The lowest BCUT2D eigenvalue weighted by Gasteiger charge is -2.14. The second-order valence-electron chi connectivity index (χ2n) is 5.11. The third-order valence-electron chi connectivity index (χ3n) is 3.28. The van der Waals surface area contributed by atoms with Crippen LogP contribution in [-0.2, 0) is 0 Å². The lowest BCUT2D eigenvalue weighted by Crippen LogP contribution is -2.24. The van der Waals surface area contributed by atoms with E-state index < -0.39 is 0 Å². The fourth-order valence-corrected chi connectivity index (χ4v) is 1.99. The third-order valence-corrected chi connectivity index (χ3v) is 3.28. The van der Waals surface area contributed by atoms with Gasteiger partial charge in [-0.2, -0.15) is 0 Å². The molecule has 0 amide bonds. The van der Waals surface area contributed by atoms with E-state index in [1.807, 2.05) is 30.3 Å². The van der Waals surface area contributed by atoms with Crippen molar-refractivity contribution >= 4 is 12.4 Å². The standard InChI is InChI=1S/C19H21NO2/c1-20(13-5-8-17-6-3-2-4-7-17)14-15-22-19-11-9-18(16-21)10-12-19/h2-12,16H,13-15H2,1H3. The van der Waals surface area contributed by atoms with Gasteiger partial charge >= 0.3 is 0 Å². The highest BCUT2D eigenvalue weighted by Crippen LogP contribution is 2.10. The van der Waals surface area contributed by atoms with Gasteiger partial charge in [0.15, 0.2) is 0 Å². The smallest absolute Gasteiger partial charge is 0.150 e. The Morgan fingerprint density at radius 2 is 1.73 bits per heavy atom. The van der Waals surface area contributed by atoms with Crippen molar-refractivity contribution in [1.29, 1.82) is 0 Å². The molecule has 0 unspecified atom stereocenters. The maximum absolute atomic E-state index is 10.6. The number of carbonyl (C=O) groups excluding carboxylic acids is 1. The minimum atomic E-state index is 0.621. The van der Waals surface area contributed by atoms with Crippen molar-refractivity contribution in [2.24, 2.45) is 0 Å². The molecule has 0 N–H and O–H groups in total. The van der Waals surface area contributed by atoms with Gasteiger partial charge in [0, 0.05) is 18.7 Å². The number of aldehydes is 1. The Labute approximate surface area is 131 Å². The molecule has 0 atom stereocenters. The van der Waals surface area contributed by atoms with Crippen LogP contribution in [0.15, 0.2) is 60.7 Å². The molecule has 0 heterocycles. The van der Waals surface area contributed by atoms with Crippen LogP contribution in [-0.4, -0.2) is 37.9 Å². The van der Waals surface area contributed by atoms with Gasteiger partial charge in [0.05, 0.1) is 0 Å². The van der Waals surface area contributed by atoms with E-state index in [1.165, 1.54) is 5.56 Å². The van der Waals surface area contributed by atoms with Crippen molar-refractivity contribution in [2.45, 2.75) is 0 Å². The molecule has 3 heteroatoms. The van der Waals surface area contributed by atoms with E-state index in [2.05, 4.69) is 36.2 Å². The summed E-state index contributed by atoms with van der Waals surface area (Å²) in [5, 5.41) is 0. The van der Waals surface area contributed by atoms with Crippen LogP contribution in [0.2, 0.25) is 0 Å². The van der Waals surface area contributed by atoms with Crippen molar-refractivity contribution < 1.29 is 9.53 Å². The molecule has 0 aliphatic rings. The second-order valence-corrected chi connectivity index (χ2v) is 5.11. The fourth-order valence-electron chi connectivity index (χ4n) is 1.99. The molecule has 2 rings (SSSR count). The number of hydrogen-bond acceptors (Lipinski definition) is 3. The highest BCUT2D eigenvalue weighted by molar-refractivity contribution is 5.74. The molecule has 0 radical (unpaired) electrons. The van der Waals surface area contributed by atoms with Gasteiger partial charge in [-0.05, 0) is 36.9 Å². The van der Waals surface area contributed by atoms with Gasteiger partial charge in [-0.1, -0.05) is 42.5 Å². The van der Waals surface area contributed by atoms with Gasteiger partial charge in [-0.15, -0.1) is 0 Å². The molecule has 0 saturated carbocycles. The Balaban J connectivity index is 1.68. The minimum absolute atomic E-state index is 0.621. The van der Waals surface area contributed by atoms with Crippen LogP contribution in [0.25, 0.3) is 6.08 Å². The van der Waals surface area contributed by atoms with Gasteiger partial charge in [0.2, 0.25) is 0 Å². The highest BCUT2D eigenvalue weighted by atomic mass is 16.5. The van der Waals surface area contributed by atoms with Crippen LogP contribution in [0, 0.1) is 0 Å². The summed E-state index contributed by atoms with van der Waals surface area (Å²) in [5.41, 5.74) is 1.87. The van der Waals surface area contributed by atoms with E-state index in [4.69, 9.17) is 4.74 Å². The Morgan fingerprint density at radius 1 is 1.00 bits per heavy atom. The largest absolute Gasteiger partial charge is 0.492 e. The van der Waals surface area contributed by atoms with E-state index in [1.54, 1.807) is 12.1 Å². The first kappa shape index (κ1) is 16.0. The molecule has 0 spiro atoms. The first-order chi connectivity index (χ1) is 10.8. The summed E-state index contributed by atoms with van der Waals surface area (Å²) in [6.45, 7) is 2.34. The van der Waals surface area contributed by atoms with Gasteiger partial charge < -0.3 is 4.74 Å². The number of nitrogens with zero attached hydrogens (tertiary/aromatic N) is 1. The average molecular weight is 295 g/mol. The highest BCUT2D eigenvalue weighted by Gasteiger charge is 1.98. The molecule has 3 nitrogen and oxygen atoms in total. The number of carbonyl (C=O) groups is 1. The lowest BCUT2D eigenvalue weighted by atomic mass is 10.2. The predicted molar refractivity (Wildman–Crippen MR) is 90.3 cm³/mol.